The fraction of sp³-hybridized carbons (Fsp3) is 0.692. The molecule has 0 amide bonds. The molecule has 1 aromatic heterocycles. The number of rotatable bonds is 4. The Bertz CT molecular complexity index is 343. The Hall–Kier alpha value is -0.960. The van der Waals surface area contributed by atoms with Crippen LogP contribution in [0.1, 0.15) is 33.3 Å². The minimum atomic E-state index is 0.465. The summed E-state index contributed by atoms with van der Waals surface area (Å²) in [5, 5.41) is 3.49. The van der Waals surface area contributed by atoms with E-state index in [1.165, 1.54) is 0 Å². The van der Waals surface area contributed by atoms with Gasteiger partial charge < -0.3 is 5.32 Å². The fourth-order valence-electron chi connectivity index (χ4n) is 2.63. The van der Waals surface area contributed by atoms with E-state index in [0.717, 1.165) is 24.6 Å². The van der Waals surface area contributed by atoms with Crippen molar-refractivity contribution in [2.45, 2.75) is 34.2 Å². The fourth-order valence-corrected chi connectivity index (χ4v) is 2.63. The summed E-state index contributed by atoms with van der Waals surface area (Å²) in [6, 6.07) is 0. The van der Waals surface area contributed by atoms with Crippen molar-refractivity contribution in [1.82, 2.24) is 15.3 Å². The summed E-state index contributed by atoms with van der Waals surface area (Å²) in [5.41, 5.74) is 2.08. The Morgan fingerprint density at radius 1 is 1.12 bits per heavy atom. The van der Waals surface area contributed by atoms with E-state index >= 15 is 0 Å². The van der Waals surface area contributed by atoms with Gasteiger partial charge in [0.1, 0.15) is 6.33 Å². The van der Waals surface area contributed by atoms with E-state index in [4.69, 9.17) is 0 Å². The van der Waals surface area contributed by atoms with Crippen molar-refractivity contribution in [3.8, 4) is 0 Å². The van der Waals surface area contributed by atoms with Crippen molar-refractivity contribution in [3.63, 3.8) is 0 Å². The van der Waals surface area contributed by atoms with E-state index in [1.54, 1.807) is 6.33 Å². The smallest absolute Gasteiger partial charge is 0.115 e. The lowest BCUT2D eigenvalue weighted by Crippen LogP contribution is -2.19. The standard InChI is InChI=1S/C13H21N3/c1-12(2)11(13(12,3)4)8-14-5-10-6-15-9-16-7-10/h6-7,9,11,14H,5,8H2,1-4H3. The maximum atomic E-state index is 4.00. The largest absolute Gasteiger partial charge is 0.312 e. The molecule has 88 valence electrons. The number of hydrogen-bond acceptors (Lipinski definition) is 3. The van der Waals surface area contributed by atoms with Crippen molar-refractivity contribution in [2.75, 3.05) is 6.54 Å². The van der Waals surface area contributed by atoms with E-state index in [1.807, 2.05) is 12.4 Å². The third-order valence-electron chi connectivity index (χ3n) is 4.61. The zero-order valence-corrected chi connectivity index (χ0v) is 10.6. The van der Waals surface area contributed by atoms with Crippen molar-refractivity contribution < 1.29 is 0 Å². The van der Waals surface area contributed by atoms with Gasteiger partial charge in [-0.15, -0.1) is 0 Å². The first-order valence-corrected chi connectivity index (χ1v) is 5.91. The van der Waals surface area contributed by atoms with E-state index in [0.29, 0.717) is 10.8 Å². The summed E-state index contributed by atoms with van der Waals surface area (Å²) >= 11 is 0. The Labute approximate surface area is 97.7 Å². The van der Waals surface area contributed by atoms with Gasteiger partial charge in [0, 0.05) is 24.5 Å². The van der Waals surface area contributed by atoms with Crippen LogP contribution in [0.3, 0.4) is 0 Å². The van der Waals surface area contributed by atoms with Gasteiger partial charge in [0.05, 0.1) is 0 Å². The van der Waals surface area contributed by atoms with E-state index in [9.17, 15) is 0 Å². The summed E-state index contributed by atoms with van der Waals surface area (Å²) in [7, 11) is 0. The highest BCUT2D eigenvalue weighted by Crippen LogP contribution is 2.67. The molecule has 2 rings (SSSR count). The molecular formula is C13H21N3. The van der Waals surface area contributed by atoms with Gasteiger partial charge in [-0.05, 0) is 23.3 Å². The molecule has 0 unspecified atom stereocenters. The van der Waals surface area contributed by atoms with Crippen molar-refractivity contribution in [1.29, 1.82) is 0 Å². The third kappa shape index (κ3) is 1.84. The third-order valence-corrected chi connectivity index (χ3v) is 4.61. The zero-order valence-electron chi connectivity index (χ0n) is 10.6. The highest BCUT2D eigenvalue weighted by Gasteiger charge is 2.63. The predicted molar refractivity (Wildman–Crippen MR) is 64.8 cm³/mol. The molecule has 1 N–H and O–H groups in total. The molecule has 0 aliphatic heterocycles. The van der Waals surface area contributed by atoms with Crippen LogP contribution in [0.5, 0.6) is 0 Å². The van der Waals surface area contributed by atoms with Gasteiger partial charge >= 0.3 is 0 Å². The summed E-state index contributed by atoms with van der Waals surface area (Å²) in [6.07, 6.45) is 5.29. The van der Waals surface area contributed by atoms with Gasteiger partial charge in [-0.3, -0.25) is 0 Å². The lowest BCUT2D eigenvalue weighted by atomic mass is 10.0. The van der Waals surface area contributed by atoms with Crippen molar-refractivity contribution in [2.24, 2.45) is 16.7 Å². The molecule has 16 heavy (non-hydrogen) atoms. The van der Waals surface area contributed by atoms with Crippen LogP contribution in [-0.4, -0.2) is 16.5 Å². The second kappa shape index (κ2) is 3.81. The minimum absolute atomic E-state index is 0.465. The van der Waals surface area contributed by atoms with E-state index in [-0.39, 0.29) is 0 Å². The van der Waals surface area contributed by atoms with Crippen LogP contribution in [0, 0.1) is 16.7 Å². The number of nitrogens with zero attached hydrogens (tertiary/aromatic N) is 2. The molecule has 3 heteroatoms. The Balaban J connectivity index is 1.79. The average molecular weight is 219 g/mol. The minimum Gasteiger partial charge on any atom is -0.312 e. The monoisotopic (exact) mass is 219 g/mol. The van der Waals surface area contributed by atoms with Crippen molar-refractivity contribution >= 4 is 0 Å². The number of hydrogen-bond donors (Lipinski definition) is 1. The van der Waals surface area contributed by atoms with Crippen LogP contribution < -0.4 is 5.32 Å². The maximum absolute atomic E-state index is 4.00. The molecular weight excluding hydrogens is 198 g/mol. The summed E-state index contributed by atoms with van der Waals surface area (Å²) in [4.78, 5) is 8.01. The molecule has 0 atom stereocenters. The summed E-state index contributed by atoms with van der Waals surface area (Å²) in [5.74, 6) is 0.768. The molecule has 0 spiro atoms. The molecule has 0 saturated heterocycles. The molecule has 1 aromatic rings. The first kappa shape index (κ1) is 11.5. The number of nitrogens with one attached hydrogen (secondary N) is 1. The summed E-state index contributed by atoms with van der Waals surface area (Å²) < 4.78 is 0. The molecule has 1 aliphatic rings. The lowest BCUT2D eigenvalue weighted by Gasteiger charge is -2.05. The molecule has 0 radical (unpaired) electrons. The van der Waals surface area contributed by atoms with Crippen LogP contribution in [0.15, 0.2) is 18.7 Å². The van der Waals surface area contributed by atoms with Crippen LogP contribution in [0.25, 0.3) is 0 Å². The van der Waals surface area contributed by atoms with Gasteiger partial charge in [0.15, 0.2) is 0 Å². The van der Waals surface area contributed by atoms with E-state index < -0.39 is 0 Å². The number of aromatic nitrogens is 2. The van der Waals surface area contributed by atoms with Gasteiger partial charge in [-0.1, -0.05) is 27.7 Å². The second-order valence-electron chi connectivity index (χ2n) is 5.87. The van der Waals surface area contributed by atoms with Crippen LogP contribution in [0.4, 0.5) is 0 Å². The topological polar surface area (TPSA) is 37.8 Å². The molecule has 0 bridgehead atoms. The Morgan fingerprint density at radius 2 is 1.69 bits per heavy atom. The van der Waals surface area contributed by atoms with Crippen LogP contribution >= 0.6 is 0 Å². The van der Waals surface area contributed by atoms with E-state index in [2.05, 4.69) is 43.0 Å². The lowest BCUT2D eigenvalue weighted by molar-refractivity contribution is 0.457. The Kier molecular flexibility index (Phi) is 2.74. The van der Waals surface area contributed by atoms with Gasteiger partial charge in [-0.2, -0.15) is 0 Å². The second-order valence-corrected chi connectivity index (χ2v) is 5.87. The zero-order chi connectivity index (χ0) is 11.8. The predicted octanol–water partition coefficient (Wildman–Crippen LogP) is 2.25. The molecule has 1 fully saturated rings. The van der Waals surface area contributed by atoms with Crippen molar-refractivity contribution in [3.05, 3.63) is 24.3 Å². The van der Waals surface area contributed by atoms with Gasteiger partial charge in [0.25, 0.3) is 0 Å². The van der Waals surface area contributed by atoms with Crippen LogP contribution in [-0.2, 0) is 6.54 Å². The molecule has 1 heterocycles. The molecule has 1 saturated carbocycles. The Morgan fingerprint density at radius 3 is 2.19 bits per heavy atom. The summed E-state index contributed by atoms with van der Waals surface area (Å²) in [6.45, 7) is 11.4. The molecule has 1 aliphatic carbocycles. The highest BCUT2D eigenvalue weighted by atomic mass is 14.9. The molecule has 0 aromatic carbocycles. The van der Waals surface area contributed by atoms with Crippen LogP contribution in [0.2, 0.25) is 0 Å². The first-order chi connectivity index (χ1) is 7.46. The maximum Gasteiger partial charge on any atom is 0.115 e. The van der Waals surface area contributed by atoms with Gasteiger partial charge in [-0.25, -0.2) is 9.97 Å². The highest BCUT2D eigenvalue weighted by molar-refractivity contribution is 5.13. The normalized spacial score (nSPS) is 22.0. The van der Waals surface area contributed by atoms with Gasteiger partial charge in [0.2, 0.25) is 0 Å². The quantitative estimate of drug-likeness (QED) is 0.844. The first-order valence-electron chi connectivity index (χ1n) is 5.91. The molecule has 3 nitrogen and oxygen atoms in total. The average Bonchev–Trinajstić information content (AvgIpc) is 2.62. The SMILES string of the molecule is CC1(C)C(CNCc2cncnc2)C1(C)C.